The van der Waals surface area contributed by atoms with Crippen LogP contribution in [0, 0.1) is 22.7 Å². The van der Waals surface area contributed by atoms with Gasteiger partial charge in [-0.25, -0.2) is 0 Å². The lowest BCUT2D eigenvalue weighted by atomic mass is 9.71. The molecular weight excluding hydrogens is 268 g/mol. The Bertz CT molecular complexity index is 719. The summed E-state index contributed by atoms with van der Waals surface area (Å²) < 4.78 is 1.31. The van der Waals surface area contributed by atoms with E-state index in [0.29, 0.717) is 16.2 Å². The summed E-state index contributed by atoms with van der Waals surface area (Å²) in [5.41, 5.74) is 2.54. The summed E-state index contributed by atoms with van der Waals surface area (Å²) in [6.07, 6.45) is 3.02. The highest BCUT2D eigenvalue weighted by Crippen LogP contribution is 2.37. The molecule has 0 aliphatic heterocycles. The smallest absolute Gasteiger partial charge is 0.283 e. The van der Waals surface area contributed by atoms with E-state index in [4.69, 9.17) is 5.26 Å². The maximum atomic E-state index is 10.4. The molecule has 0 saturated carbocycles. The molecule has 1 unspecified atom stereocenters. The number of hydrogen-bond acceptors (Lipinski definition) is 3. The van der Waals surface area contributed by atoms with Crippen LogP contribution in [-0.4, -0.2) is 5.21 Å². The number of nitrogens with zero attached hydrogens (tertiary/aromatic N) is 2. The van der Waals surface area contributed by atoms with Crippen LogP contribution in [0.1, 0.15) is 43.3 Å². The summed E-state index contributed by atoms with van der Waals surface area (Å²) in [6.45, 7) is 6.85. The first kappa shape index (κ1) is 13.4. The van der Waals surface area contributed by atoms with Crippen LogP contribution in [0.3, 0.4) is 0 Å². The molecule has 1 aliphatic rings. The largest absolute Gasteiger partial charge is 0.320 e. The van der Waals surface area contributed by atoms with E-state index in [1.165, 1.54) is 21.6 Å². The topological polar surface area (TPSA) is 47.9 Å². The molecule has 3 nitrogen and oxygen atoms in total. The number of thiophene rings is 1. The van der Waals surface area contributed by atoms with Gasteiger partial charge in [-0.05, 0) is 36.3 Å². The van der Waals surface area contributed by atoms with Crippen molar-refractivity contribution in [1.29, 1.82) is 5.26 Å². The maximum absolute atomic E-state index is 10.4. The Morgan fingerprint density at radius 3 is 2.80 bits per heavy atom. The molecule has 1 N–H and O–H groups in total. The van der Waals surface area contributed by atoms with Gasteiger partial charge in [0.2, 0.25) is 5.69 Å². The normalized spacial score (nSPS) is 18.8. The first-order valence-corrected chi connectivity index (χ1v) is 7.81. The molecule has 2 heterocycles. The number of pyridine rings is 1. The highest BCUT2D eigenvalue weighted by Gasteiger charge is 2.34. The number of nitriles is 1. The molecule has 4 heteroatoms. The fraction of sp³-hybridized carbons (Fsp3) is 0.500. The van der Waals surface area contributed by atoms with Crippen molar-refractivity contribution in [3.63, 3.8) is 0 Å². The Balaban J connectivity index is 2.11. The standard InChI is InChI=1S/C16H19N2OS/c1-16(2,3)12-4-5-14-10(7-12)6-11-8-13(9-17)20-15(11)18(14)19/h6,8,12,19H,4-5,7H2,1-3H3/q+1. The van der Waals surface area contributed by atoms with Crippen molar-refractivity contribution >= 4 is 21.6 Å². The Morgan fingerprint density at radius 2 is 2.15 bits per heavy atom. The molecule has 0 amide bonds. The van der Waals surface area contributed by atoms with E-state index < -0.39 is 0 Å². The minimum absolute atomic E-state index is 0.291. The lowest BCUT2D eigenvalue weighted by Crippen LogP contribution is -2.40. The molecule has 3 rings (SSSR count). The van der Waals surface area contributed by atoms with Crippen molar-refractivity contribution in [1.82, 2.24) is 0 Å². The van der Waals surface area contributed by atoms with E-state index >= 15 is 0 Å². The van der Waals surface area contributed by atoms with E-state index in [-0.39, 0.29) is 0 Å². The third-order valence-electron chi connectivity index (χ3n) is 4.42. The van der Waals surface area contributed by atoms with E-state index in [2.05, 4.69) is 32.9 Å². The molecule has 0 radical (unpaired) electrons. The van der Waals surface area contributed by atoms with Crippen molar-refractivity contribution in [3.8, 4) is 6.07 Å². The van der Waals surface area contributed by atoms with Crippen LogP contribution in [0.15, 0.2) is 12.1 Å². The third-order valence-corrected chi connectivity index (χ3v) is 5.45. The molecule has 0 fully saturated rings. The molecule has 2 aromatic heterocycles. The van der Waals surface area contributed by atoms with Crippen LogP contribution >= 0.6 is 11.3 Å². The first-order chi connectivity index (χ1) is 9.40. The summed E-state index contributed by atoms with van der Waals surface area (Å²) in [7, 11) is 0. The third kappa shape index (κ3) is 2.06. The zero-order valence-corrected chi connectivity index (χ0v) is 12.9. The molecule has 2 aromatic rings. The minimum atomic E-state index is 0.291. The Kier molecular flexibility index (Phi) is 2.98. The Morgan fingerprint density at radius 1 is 1.40 bits per heavy atom. The van der Waals surface area contributed by atoms with E-state index in [0.717, 1.165) is 35.2 Å². The predicted octanol–water partition coefficient (Wildman–Crippen LogP) is 3.45. The molecule has 1 aliphatic carbocycles. The Labute approximate surface area is 123 Å². The lowest BCUT2D eigenvalue weighted by Gasteiger charge is -2.33. The van der Waals surface area contributed by atoms with Crippen LogP contribution in [0.5, 0.6) is 0 Å². The van der Waals surface area contributed by atoms with Crippen molar-refractivity contribution in [2.45, 2.75) is 40.0 Å². The van der Waals surface area contributed by atoms with Gasteiger partial charge in [-0.1, -0.05) is 32.1 Å². The molecule has 1 atom stereocenters. The zero-order valence-electron chi connectivity index (χ0n) is 12.1. The monoisotopic (exact) mass is 287 g/mol. The van der Waals surface area contributed by atoms with E-state index in [1.807, 2.05) is 6.07 Å². The van der Waals surface area contributed by atoms with Crippen molar-refractivity contribution in [2.75, 3.05) is 0 Å². The van der Waals surface area contributed by atoms with Gasteiger partial charge < -0.3 is 0 Å². The molecule has 0 bridgehead atoms. The number of fused-ring (bicyclic) bond motifs is 2. The average Bonchev–Trinajstić information content (AvgIpc) is 2.80. The molecule has 104 valence electrons. The van der Waals surface area contributed by atoms with Gasteiger partial charge in [0.15, 0.2) is 0 Å². The maximum Gasteiger partial charge on any atom is 0.320 e. The molecule has 0 aromatic carbocycles. The van der Waals surface area contributed by atoms with Gasteiger partial charge >= 0.3 is 4.83 Å². The van der Waals surface area contributed by atoms with Crippen LogP contribution in [-0.2, 0) is 12.8 Å². The molecule has 0 saturated heterocycles. The summed E-state index contributed by atoms with van der Waals surface area (Å²) in [5, 5.41) is 20.4. The summed E-state index contributed by atoms with van der Waals surface area (Å²) in [6, 6.07) is 6.19. The predicted molar refractivity (Wildman–Crippen MR) is 78.9 cm³/mol. The lowest BCUT2D eigenvalue weighted by molar-refractivity contribution is -0.888. The first-order valence-electron chi connectivity index (χ1n) is 7.00. The van der Waals surface area contributed by atoms with Crippen LogP contribution in [0.4, 0.5) is 0 Å². The van der Waals surface area contributed by atoms with Crippen molar-refractivity contribution < 1.29 is 9.94 Å². The number of aromatic nitrogens is 1. The van der Waals surface area contributed by atoms with Gasteiger partial charge in [-0.15, -0.1) is 0 Å². The zero-order chi connectivity index (χ0) is 14.5. The molecule has 20 heavy (non-hydrogen) atoms. The number of hydrogen-bond donors (Lipinski definition) is 1. The second-order valence-electron chi connectivity index (χ2n) is 6.72. The fourth-order valence-electron chi connectivity index (χ4n) is 3.11. The quantitative estimate of drug-likeness (QED) is 0.596. The summed E-state index contributed by atoms with van der Waals surface area (Å²) >= 11 is 1.35. The van der Waals surface area contributed by atoms with Gasteiger partial charge in [-0.2, -0.15) is 5.26 Å². The second kappa shape index (κ2) is 4.46. The van der Waals surface area contributed by atoms with E-state index in [1.54, 1.807) is 0 Å². The van der Waals surface area contributed by atoms with Crippen LogP contribution < -0.4 is 4.73 Å². The van der Waals surface area contributed by atoms with Crippen LogP contribution in [0.25, 0.3) is 10.2 Å². The van der Waals surface area contributed by atoms with Gasteiger partial charge in [0.1, 0.15) is 10.9 Å². The van der Waals surface area contributed by atoms with Crippen LogP contribution in [0.2, 0.25) is 0 Å². The molecular formula is C16H19N2OS+. The fourth-order valence-corrected chi connectivity index (χ4v) is 3.98. The van der Waals surface area contributed by atoms with Gasteiger partial charge in [0.25, 0.3) is 0 Å². The van der Waals surface area contributed by atoms with Gasteiger partial charge in [0.05, 0.1) is 5.39 Å². The average molecular weight is 287 g/mol. The Hall–Kier alpha value is -1.60. The second-order valence-corrected chi connectivity index (χ2v) is 7.75. The van der Waals surface area contributed by atoms with E-state index in [9.17, 15) is 5.21 Å². The number of rotatable bonds is 0. The highest BCUT2D eigenvalue weighted by atomic mass is 32.1. The minimum Gasteiger partial charge on any atom is -0.283 e. The highest BCUT2D eigenvalue weighted by molar-refractivity contribution is 7.18. The summed E-state index contributed by atoms with van der Waals surface area (Å²) in [5.74, 6) is 0.640. The van der Waals surface area contributed by atoms with Crippen molar-refractivity contribution in [2.24, 2.45) is 11.3 Å². The summed E-state index contributed by atoms with van der Waals surface area (Å²) in [4.78, 5) is 1.44. The van der Waals surface area contributed by atoms with Crippen molar-refractivity contribution in [3.05, 3.63) is 28.3 Å². The SMILES string of the molecule is CC(C)(C)C1CCc2c(cc3cc(C#N)sc3[n+]2O)C1. The van der Waals surface area contributed by atoms with Gasteiger partial charge in [0, 0.05) is 16.7 Å². The molecule has 0 spiro atoms. The van der Waals surface area contributed by atoms with Gasteiger partial charge in [-0.3, -0.25) is 5.21 Å².